The summed E-state index contributed by atoms with van der Waals surface area (Å²) in [6, 6.07) is 1.14. The van der Waals surface area contributed by atoms with Gasteiger partial charge in [0.1, 0.15) is 30.2 Å². The lowest BCUT2D eigenvalue weighted by molar-refractivity contribution is -0.135. The Morgan fingerprint density at radius 3 is 1.92 bits per heavy atom. The van der Waals surface area contributed by atoms with Gasteiger partial charge in [-0.1, -0.05) is 58.0 Å². The molecule has 21 heteroatoms. The first kappa shape index (κ1) is 50.3. The van der Waals surface area contributed by atoms with E-state index in [-0.39, 0.29) is 69.5 Å². The number of amides is 8. The molecule has 7 atom stereocenters. The molecule has 15 N–H and O–H groups in total. The van der Waals surface area contributed by atoms with E-state index in [9.17, 15) is 43.5 Å². The molecule has 1 unspecified atom stereocenters. The first-order valence-electron chi connectivity index (χ1n) is 20.0. The third-order valence-corrected chi connectivity index (χ3v) is 9.41. The molecule has 1 aromatic carbocycles. The lowest BCUT2D eigenvalue weighted by atomic mass is 10.00. The molecule has 334 valence electrons. The summed E-state index contributed by atoms with van der Waals surface area (Å²) >= 11 is 0. The number of hydrogen-bond donors (Lipinski definition) is 11. The van der Waals surface area contributed by atoms with E-state index in [2.05, 4.69) is 36.9 Å². The number of nitrogens with zero attached hydrogens (tertiary/aromatic N) is 2. The molecule has 1 aliphatic rings. The van der Waals surface area contributed by atoms with Crippen LogP contribution in [0.4, 0.5) is 0 Å². The molecule has 1 aliphatic heterocycles. The van der Waals surface area contributed by atoms with E-state index < -0.39 is 96.2 Å². The van der Waals surface area contributed by atoms with Gasteiger partial charge in [-0.15, -0.1) is 0 Å². The Labute approximate surface area is 350 Å². The van der Waals surface area contributed by atoms with Crippen LogP contribution in [0.5, 0.6) is 0 Å². The molecule has 21 nitrogen and oxygen atoms in total. The number of nitrogens with two attached hydrogens (primary N) is 4. The van der Waals surface area contributed by atoms with Gasteiger partial charge in [-0.3, -0.25) is 43.3 Å². The van der Waals surface area contributed by atoms with Gasteiger partial charge in [-0.25, -0.2) is 0 Å². The first-order valence-corrected chi connectivity index (χ1v) is 20.0. The first-order chi connectivity index (χ1) is 28.2. The van der Waals surface area contributed by atoms with Crippen LogP contribution in [0.3, 0.4) is 0 Å². The predicted octanol–water partition coefficient (Wildman–Crippen LogP) is -3.66. The van der Waals surface area contributed by atoms with Crippen LogP contribution in [-0.4, -0.2) is 132 Å². The minimum atomic E-state index is -1.44. The van der Waals surface area contributed by atoms with Gasteiger partial charge in [0.25, 0.3) is 0 Å². The van der Waals surface area contributed by atoms with Crippen molar-refractivity contribution in [1.29, 1.82) is 0 Å². The number of aliphatic imine (C=N–C) groups is 1. The van der Waals surface area contributed by atoms with Crippen LogP contribution in [0.25, 0.3) is 0 Å². The maximum Gasteiger partial charge on any atom is 0.245 e. The molecule has 0 aliphatic carbocycles. The average molecular weight is 845 g/mol. The van der Waals surface area contributed by atoms with E-state index in [0.29, 0.717) is 12.0 Å². The Kier molecular flexibility index (Phi) is 20.9. The molecule has 0 bridgehead atoms. The number of likely N-dealkylation sites (tertiary alicyclic amines) is 1. The van der Waals surface area contributed by atoms with Crippen molar-refractivity contribution in [1.82, 2.24) is 36.8 Å². The zero-order chi connectivity index (χ0) is 45.1. The number of rotatable bonds is 25. The molecule has 1 aromatic rings. The van der Waals surface area contributed by atoms with Crippen molar-refractivity contribution >= 4 is 53.2 Å². The van der Waals surface area contributed by atoms with Crippen molar-refractivity contribution in [3.05, 3.63) is 35.9 Å². The highest BCUT2D eigenvalue weighted by molar-refractivity contribution is 5.96. The minimum absolute atomic E-state index is 0.00861. The molecule has 1 saturated heterocycles. The summed E-state index contributed by atoms with van der Waals surface area (Å²) in [6.07, 6.45) is 0.572. The second-order valence-electron chi connectivity index (χ2n) is 15.8. The zero-order valence-electron chi connectivity index (χ0n) is 35.1. The normalized spacial score (nSPS) is 16.7. The summed E-state index contributed by atoms with van der Waals surface area (Å²) in [6.45, 7) is 7.73. The van der Waals surface area contributed by atoms with Crippen molar-refractivity contribution < 1.29 is 43.5 Å². The SMILES string of the molecule is CC(C)C[C@H](NC(=O)[C@H](CCCN=C(N)N)NC(=O)[C@H](CO)NC(=O)[C@@H](N)CC(C)C)C(=O)N[C@@H](Cc1ccccc1)C(=O)N[C@H]1CC(=O)N(CC(=O)NC(C)C(N)=O)C1. The van der Waals surface area contributed by atoms with E-state index in [1.54, 1.807) is 30.3 Å². The largest absolute Gasteiger partial charge is 0.394 e. The number of primary amides is 1. The summed E-state index contributed by atoms with van der Waals surface area (Å²) in [4.78, 5) is 109. The number of guanidine groups is 1. The van der Waals surface area contributed by atoms with Crippen LogP contribution in [0.2, 0.25) is 0 Å². The fraction of sp³-hybridized carbons (Fsp3) is 0.615. The second-order valence-corrected chi connectivity index (χ2v) is 15.8. The number of carbonyl (C=O) groups is 8. The van der Waals surface area contributed by atoms with Gasteiger partial charge < -0.3 is 64.8 Å². The Morgan fingerprint density at radius 2 is 1.33 bits per heavy atom. The van der Waals surface area contributed by atoms with Gasteiger partial charge in [0, 0.05) is 25.9 Å². The quantitative estimate of drug-likeness (QED) is 0.0258. The Bertz CT molecular complexity index is 1670. The highest BCUT2D eigenvalue weighted by atomic mass is 16.3. The molecule has 2 rings (SSSR count). The summed E-state index contributed by atoms with van der Waals surface area (Å²) in [5.74, 6) is -5.63. The maximum absolute atomic E-state index is 14.0. The molecule has 60 heavy (non-hydrogen) atoms. The monoisotopic (exact) mass is 844 g/mol. The Morgan fingerprint density at radius 1 is 0.767 bits per heavy atom. The summed E-state index contributed by atoms with van der Waals surface area (Å²) in [5.41, 5.74) is 22.8. The van der Waals surface area contributed by atoms with Crippen molar-refractivity contribution in [3.63, 3.8) is 0 Å². The Balaban J connectivity index is 2.29. The summed E-state index contributed by atoms with van der Waals surface area (Å²) in [5, 5.41) is 25.6. The molecule has 8 amide bonds. The highest BCUT2D eigenvalue weighted by Gasteiger charge is 2.36. The lowest BCUT2D eigenvalue weighted by Gasteiger charge is -2.27. The molecule has 0 radical (unpaired) electrons. The molecule has 1 heterocycles. The zero-order valence-corrected chi connectivity index (χ0v) is 35.1. The second kappa shape index (κ2) is 24.9. The molecule has 0 aromatic heterocycles. The van der Waals surface area contributed by atoms with Crippen LogP contribution in [0.1, 0.15) is 72.3 Å². The molecule has 1 fully saturated rings. The number of aliphatic hydroxyl groups is 1. The van der Waals surface area contributed by atoms with Gasteiger partial charge in [-0.2, -0.15) is 0 Å². The molecular formula is C39H64N12O9. The third-order valence-electron chi connectivity index (χ3n) is 9.41. The fourth-order valence-electron chi connectivity index (χ4n) is 6.29. The standard InChI is InChI=1S/C39H64N12O9/c1-21(2)14-26(40)34(56)50-30(20-52)38(60)47-27(12-9-13-44-39(42)43)35(57)48-28(15-22(3)4)37(59)49-29(16-24-10-7-6-8-11-24)36(58)46-25-17-32(54)51(18-25)19-31(53)45-23(5)33(41)55/h6-8,10-11,21-23,25-30,52H,9,12-20,40H2,1-5H3,(H2,41,55)(H,45,53)(H,46,58)(H,47,60)(H,48,57)(H,49,59)(H,50,56)(H4,42,43,44)/t23?,25-,26-,27-,28-,29-,30-/m0/s1. The van der Waals surface area contributed by atoms with Crippen molar-refractivity contribution in [2.24, 2.45) is 39.8 Å². The number of nitrogens with one attached hydrogen (secondary N) is 6. The van der Waals surface area contributed by atoms with Crippen LogP contribution in [-0.2, 0) is 44.8 Å². The van der Waals surface area contributed by atoms with E-state index in [1.165, 1.54) is 11.8 Å². The topological polar surface area (TPSA) is 349 Å². The average Bonchev–Trinajstić information content (AvgIpc) is 3.50. The third kappa shape index (κ3) is 18.0. The van der Waals surface area contributed by atoms with Crippen LogP contribution < -0.4 is 54.8 Å². The van der Waals surface area contributed by atoms with Gasteiger partial charge >= 0.3 is 0 Å². The van der Waals surface area contributed by atoms with Crippen molar-refractivity contribution in [2.45, 2.75) is 115 Å². The fourth-order valence-corrected chi connectivity index (χ4v) is 6.29. The summed E-state index contributed by atoms with van der Waals surface area (Å²) < 4.78 is 0. The maximum atomic E-state index is 14.0. The predicted molar refractivity (Wildman–Crippen MR) is 222 cm³/mol. The van der Waals surface area contributed by atoms with Crippen LogP contribution in [0, 0.1) is 11.8 Å². The molecule has 0 saturated carbocycles. The van der Waals surface area contributed by atoms with Gasteiger partial charge in [0.05, 0.1) is 25.2 Å². The smallest absolute Gasteiger partial charge is 0.245 e. The number of aliphatic hydroxyl groups excluding tert-OH is 1. The van der Waals surface area contributed by atoms with E-state index in [4.69, 9.17) is 22.9 Å². The van der Waals surface area contributed by atoms with Crippen molar-refractivity contribution in [3.8, 4) is 0 Å². The number of carbonyl (C=O) groups excluding carboxylic acids is 8. The van der Waals surface area contributed by atoms with Gasteiger partial charge in [0.15, 0.2) is 5.96 Å². The van der Waals surface area contributed by atoms with Crippen LogP contribution >= 0.6 is 0 Å². The molecule has 0 spiro atoms. The van der Waals surface area contributed by atoms with Crippen LogP contribution in [0.15, 0.2) is 35.3 Å². The highest BCUT2D eigenvalue weighted by Crippen LogP contribution is 2.14. The van der Waals surface area contributed by atoms with E-state index >= 15 is 0 Å². The van der Waals surface area contributed by atoms with Crippen molar-refractivity contribution in [2.75, 3.05) is 26.2 Å². The minimum Gasteiger partial charge on any atom is -0.394 e. The Hall–Kier alpha value is -5.83. The van der Waals surface area contributed by atoms with Gasteiger partial charge in [0.2, 0.25) is 47.3 Å². The van der Waals surface area contributed by atoms with Gasteiger partial charge in [-0.05, 0) is 50.0 Å². The number of hydrogen-bond acceptors (Lipinski definition) is 11. The lowest BCUT2D eigenvalue weighted by Crippen LogP contribution is -2.60. The molecular weight excluding hydrogens is 781 g/mol. The number of benzene rings is 1. The van der Waals surface area contributed by atoms with E-state index in [1.807, 2.05) is 27.7 Å². The summed E-state index contributed by atoms with van der Waals surface area (Å²) in [7, 11) is 0. The van der Waals surface area contributed by atoms with E-state index in [0.717, 1.165) is 0 Å².